The fourth-order valence-electron chi connectivity index (χ4n) is 3.19. The maximum Gasteiger partial charge on any atom is 0.267 e. The maximum absolute atomic E-state index is 12.1. The summed E-state index contributed by atoms with van der Waals surface area (Å²) in [6.45, 7) is 0.494. The molecule has 3 aromatic rings. The van der Waals surface area contributed by atoms with Gasteiger partial charge < -0.3 is 14.6 Å². The van der Waals surface area contributed by atoms with E-state index in [4.69, 9.17) is 11.6 Å². The number of imidazole rings is 1. The fourth-order valence-corrected chi connectivity index (χ4v) is 3.38. The van der Waals surface area contributed by atoms with E-state index < -0.39 is 5.60 Å². The normalized spacial score (nSPS) is 19.4. The number of hydrogen-bond acceptors (Lipinski definition) is 4. The van der Waals surface area contributed by atoms with Gasteiger partial charge in [-0.2, -0.15) is 0 Å². The molecule has 1 saturated heterocycles. The van der Waals surface area contributed by atoms with Gasteiger partial charge in [0.1, 0.15) is 10.7 Å². The highest BCUT2D eigenvalue weighted by Gasteiger charge is 2.42. The van der Waals surface area contributed by atoms with E-state index in [9.17, 15) is 9.90 Å². The second-order valence-electron chi connectivity index (χ2n) is 6.68. The number of pyridine rings is 1. The van der Waals surface area contributed by atoms with Gasteiger partial charge in [0.15, 0.2) is 0 Å². The number of aliphatic hydroxyl groups is 1. The van der Waals surface area contributed by atoms with Crippen molar-refractivity contribution < 1.29 is 9.90 Å². The number of halogens is 1. The topological polar surface area (TPSA) is 71.2 Å². The van der Waals surface area contributed by atoms with Crippen molar-refractivity contribution in [2.45, 2.75) is 12.0 Å². The quantitative estimate of drug-likeness (QED) is 0.519. The number of carbonyl (C=O) groups is 1. The van der Waals surface area contributed by atoms with Crippen LogP contribution in [0.25, 0.3) is 22.3 Å². The first-order valence-electron chi connectivity index (χ1n) is 8.46. The molecule has 1 amide bonds. The highest BCUT2D eigenvalue weighted by Crippen LogP contribution is 2.28. The van der Waals surface area contributed by atoms with Gasteiger partial charge in [0.2, 0.25) is 5.60 Å². The molecule has 0 unspecified atom stereocenters. The predicted molar refractivity (Wildman–Crippen MR) is 103 cm³/mol. The summed E-state index contributed by atoms with van der Waals surface area (Å²) in [5.74, 6) is 5.29. The molecule has 1 aliphatic rings. The van der Waals surface area contributed by atoms with Crippen LogP contribution in [0.2, 0.25) is 5.15 Å². The van der Waals surface area contributed by atoms with E-state index in [1.807, 2.05) is 35.9 Å². The summed E-state index contributed by atoms with van der Waals surface area (Å²) in [7, 11) is 3.55. The van der Waals surface area contributed by atoms with Crippen LogP contribution in [0.15, 0.2) is 36.7 Å². The molecule has 7 heteroatoms. The van der Waals surface area contributed by atoms with Crippen molar-refractivity contribution in [3.63, 3.8) is 0 Å². The molecule has 27 heavy (non-hydrogen) atoms. The van der Waals surface area contributed by atoms with Crippen molar-refractivity contribution in [2.75, 3.05) is 13.6 Å². The molecule has 1 N–H and O–H groups in total. The molecule has 0 bridgehead atoms. The van der Waals surface area contributed by atoms with Crippen LogP contribution >= 0.6 is 11.6 Å². The van der Waals surface area contributed by atoms with E-state index in [1.54, 1.807) is 19.4 Å². The molecular formula is C20H17ClN4O2. The lowest BCUT2D eigenvalue weighted by molar-refractivity contribution is -0.137. The SMILES string of the molecule is CN1CC[C@@](O)(C#Cc2cccc(-c3nc(Cl)cc4c3ncn4C)c2)C1=O. The number of hydrogen-bond donors (Lipinski definition) is 1. The third kappa shape index (κ3) is 3.05. The number of fused-ring (bicyclic) bond motifs is 1. The number of aromatic nitrogens is 3. The average molecular weight is 381 g/mol. The first-order valence-corrected chi connectivity index (χ1v) is 8.84. The Morgan fingerprint density at radius 3 is 2.85 bits per heavy atom. The van der Waals surface area contributed by atoms with Crippen LogP contribution in [0.4, 0.5) is 0 Å². The van der Waals surface area contributed by atoms with E-state index in [-0.39, 0.29) is 5.91 Å². The summed E-state index contributed by atoms with van der Waals surface area (Å²) < 4.78 is 1.88. The van der Waals surface area contributed by atoms with Gasteiger partial charge in [-0.15, -0.1) is 0 Å². The molecule has 136 valence electrons. The minimum atomic E-state index is -1.62. The molecule has 0 radical (unpaired) electrons. The predicted octanol–water partition coefficient (Wildman–Crippen LogP) is 2.23. The van der Waals surface area contributed by atoms with Gasteiger partial charge in [0.25, 0.3) is 5.91 Å². The van der Waals surface area contributed by atoms with Gasteiger partial charge in [-0.25, -0.2) is 9.97 Å². The number of amides is 1. The van der Waals surface area contributed by atoms with Gasteiger partial charge in [-0.05, 0) is 12.1 Å². The van der Waals surface area contributed by atoms with Gasteiger partial charge >= 0.3 is 0 Å². The number of carbonyl (C=O) groups excluding carboxylic acids is 1. The molecule has 0 spiro atoms. The van der Waals surface area contributed by atoms with Gasteiger partial charge in [-0.1, -0.05) is 35.6 Å². The number of likely N-dealkylation sites (N-methyl/N-ethyl adjacent to an activating group) is 1. The van der Waals surface area contributed by atoms with Crippen molar-refractivity contribution in [3.05, 3.63) is 47.4 Å². The van der Waals surface area contributed by atoms with Crippen LogP contribution in [-0.4, -0.2) is 49.6 Å². The molecule has 0 saturated carbocycles. The Balaban J connectivity index is 1.75. The van der Waals surface area contributed by atoms with Crippen LogP contribution in [-0.2, 0) is 11.8 Å². The number of likely N-dealkylation sites (tertiary alicyclic amines) is 1. The van der Waals surface area contributed by atoms with Crippen molar-refractivity contribution in [2.24, 2.45) is 7.05 Å². The third-order valence-electron chi connectivity index (χ3n) is 4.74. The first kappa shape index (κ1) is 17.5. The monoisotopic (exact) mass is 380 g/mol. The highest BCUT2D eigenvalue weighted by molar-refractivity contribution is 6.30. The van der Waals surface area contributed by atoms with Crippen molar-refractivity contribution in [1.29, 1.82) is 0 Å². The fraction of sp³-hybridized carbons (Fsp3) is 0.250. The van der Waals surface area contributed by atoms with Gasteiger partial charge in [0.05, 0.1) is 17.5 Å². The Morgan fingerprint density at radius 2 is 2.11 bits per heavy atom. The summed E-state index contributed by atoms with van der Waals surface area (Å²) in [4.78, 5) is 22.4. The van der Waals surface area contributed by atoms with E-state index in [1.165, 1.54) is 4.90 Å². The Bertz CT molecular complexity index is 1130. The molecule has 1 aliphatic heterocycles. The van der Waals surface area contributed by atoms with Gasteiger partial charge in [0, 0.05) is 44.3 Å². The zero-order chi connectivity index (χ0) is 19.2. The lowest BCUT2D eigenvalue weighted by Gasteiger charge is -2.13. The zero-order valence-electron chi connectivity index (χ0n) is 14.9. The minimum Gasteiger partial charge on any atom is -0.369 e. The van der Waals surface area contributed by atoms with Crippen molar-refractivity contribution in [1.82, 2.24) is 19.4 Å². The Morgan fingerprint density at radius 1 is 1.30 bits per heavy atom. The smallest absolute Gasteiger partial charge is 0.267 e. The molecule has 1 atom stereocenters. The molecule has 3 heterocycles. The van der Waals surface area contributed by atoms with E-state index >= 15 is 0 Å². The Kier molecular flexibility index (Phi) is 4.14. The summed E-state index contributed by atoms with van der Waals surface area (Å²) >= 11 is 6.18. The van der Waals surface area contributed by atoms with Crippen LogP contribution in [0, 0.1) is 11.8 Å². The second-order valence-corrected chi connectivity index (χ2v) is 7.07. The Hall–Kier alpha value is -2.88. The molecule has 6 nitrogen and oxygen atoms in total. The number of benzene rings is 1. The lowest BCUT2D eigenvalue weighted by atomic mass is 10.0. The molecule has 1 fully saturated rings. The minimum absolute atomic E-state index is 0.305. The molecule has 1 aromatic carbocycles. The number of aryl methyl sites for hydroxylation is 1. The standard InChI is InChI=1S/C20H17ClN4O2/c1-24-9-8-20(27,19(24)26)7-6-13-4-3-5-14(10-13)17-18-15(11-16(21)23-17)25(2)12-22-18/h3-5,10-12,27H,8-9H2,1-2H3/t20-/m0/s1. The largest absolute Gasteiger partial charge is 0.369 e. The van der Waals surface area contributed by atoms with Crippen LogP contribution in [0.5, 0.6) is 0 Å². The van der Waals surface area contributed by atoms with E-state index in [0.717, 1.165) is 16.6 Å². The maximum atomic E-state index is 12.1. The summed E-state index contributed by atoms with van der Waals surface area (Å²) in [6.07, 6.45) is 2.02. The summed E-state index contributed by atoms with van der Waals surface area (Å²) in [5.41, 5.74) is 2.17. The van der Waals surface area contributed by atoms with E-state index in [0.29, 0.717) is 29.4 Å². The zero-order valence-corrected chi connectivity index (χ0v) is 15.7. The number of rotatable bonds is 1. The molecule has 4 rings (SSSR count). The van der Waals surface area contributed by atoms with Gasteiger partial charge in [-0.3, -0.25) is 4.79 Å². The summed E-state index contributed by atoms with van der Waals surface area (Å²) in [5, 5.41) is 10.8. The highest BCUT2D eigenvalue weighted by atomic mass is 35.5. The van der Waals surface area contributed by atoms with E-state index in [2.05, 4.69) is 21.8 Å². The first-order chi connectivity index (χ1) is 12.9. The van der Waals surface area contributed by atoms with Crippen LogP contribution in [0.1, 0.15) is 12.0 Å². The average Bonchev–Trinajstić information content (AvgIpc) is 3.15. The summed E-state index contributed by atoms with van der Waals surface area (Å²) in [6, 6.07) is 9.20. The molecule has 2 aromatic heterocycles. The molecular weight excluding hydrogens is 364 g/mol. The van der Waals surface area contributed by atoms with Crippen molar-refractivity contribution in [3.8, 4) is 23.1 Å². The second kappa shape index (κ2) is 6.38. The number of nitrogens with zero attached hydrogens (tertiary/aromatic N) is 4. The van der Waals surface area contributed by atoms with Crippen molar-refractivity contribution >= 4 is 28.5 Å². The van der Waals surface area contributed by atoms with Crippen LogP contribution < -0.4 is 0 Å². The molecule has 0 aliphatic carbocycles. The van der Waals surface area contributed by atoms with Crippen LogP contribution in [0.3, 0.4) is 0 Å². The third-order valence-corrected chi connectivity index (χ3v) is 4.93. The Labute approximate surface area is 161 Å². The lowest BCUT2D eigenvalue weighted by Crippen LogP contribution is -2.37.